The molecule has 0 saturated carbocycles. The van der Waals surface area contributed by atoms with Crippen molar-refractivity contribution in [3.63, 3.8) is 0 Å². The predicted molar refractivity (Wildman–Crippen MR) is 112 cm³/mol. The first kappa shape index (κ1) is 16.9. The van der Waals surface area contributed by atoms with Crippen LogP contribution in [0.4, 0.5) is 5.69 Å². The second kappa shape index (κ2) is 7.27. The van der Waals surface area contributed by atoms with E-state index in [2.05, 4.69) is 39.3 Å². The molecule has 3 rings (SSSR count). The summed E-state index contributed by atoms with van der Waals surface area (Å²) in [7, 11) is 0. The van der Waals surface area contributed by atoms with Crippen molar-refractivity contribution in [3.05, 3.63) is 75.4 Å². The molecular weight excluding hydrogens is 431 g/mol. The van der Waals surface area contributed by atoms with Gasteiger partial charge in [-0.2, -0.15) is 0 Å². The van der Waals surface area contributed by atoms with Crippen LogP contribution >= 0.6 is 34.8 Å². The van der Waals surface area contributed by atoms with Gasteiger partial charge < -0.3 is 5.32 Å². The van der Waals surface area contributed by atoms with Gasteiger partial charge in [-0.15, -0.1) is 0 Å². The average Bonchev–Trinajstić information content (AvgIpc) is 2.57. The Hall–Kier alpha value is -1.99. The summed E-state index contributed by atoms with van der Waals surface area (Å²) >= 11 is 7.52. The molecule has 120 valence electrons. The smallest absolute Gasteiger partial charge is 0.257 e. The lowest BCUT2D eigenvalue weighted by Gasteiger charge is -2.12. The van der Waals surface area contributed by atoms with Gasteiger partial charge in [0.25, 0.3) is 5.91 Å². The van der Waals surface area contributed by atoms with Crippen LogP contribution in [0.5, 0.6) is 0 Å². The zero-order valence-electron chi connectivity index (χ0n) is 13.0. The summed E-state index contributed by atoms with van der Waals surface area (Å²) in [5.41, 5.74) is 2.54. The standard InChI is InChI=1S/C19H15IN2OS/c1-12-10-16(20)8-9-17(12)21-19(24)22-18(23)15-7-6-13-4-2-3-5-14(13)11-15/h2-11H,1H3,(H2,21,22,23,24). The van der Waals surface area contributed by atoms with E-state index in [-0.39, 0.29) is 11.0 Å². The average molecular weight is 446 g/mol. The van der Waals surface area contributed by atoms with Crippen molar-refractivity contribution in [1.82, 2.24) is 5.32 Å². The Morgan fingerprint density at radius 2 is 1.75 bits per heavy atom. The maximum absolute atomic E-state index is 12.4. The molecule has 0 heterocycles. The summed E-state index contributed by atoms with van der Waals surface area (Å²) in [6.45, 7) is 2.00. The van der Waals surface area contributed by atoms with E-state index in [1.54, 1.807) is 6.07 Å². The molecule has 0 aliphatic heterocycles. The number of benzene rings is 3. The van der Waals surface area contributed by atoms with E-state index < -0.39 is 0 Å². The minimum atomic E-state index is -0.221. The molecule has 3 nitrogen and oxygen atoms in total. The fraction of sp³-hybridized carbons (Fsp3) is 0.0526. The maximum atomic E-state index is 12.4. The van der Waals surface area contributed by atoms with Gasteiger partial charge in [0.15, 0.2) is 5.11 Å². The van der Waals surface area contributed by atoms with Gasteiger partial charge in [0.05, 0.1) is 0 Å². The third-order valence-electron chi connectivity index (χ3n) is 3.68. The quantitative estimate of drug-likeness (QED) is 0.436. The Kier molecular flexibility index (Phi) is 5.11. The lowest BCUT2D eigenvalue weighted by atomic mass is 10.1. The molecule has 0 unspecified atom stereocenters. The third kappa shape index (κ3) is 3.91. The van der Waals surface area contributed by atoms with Crippen LogP contribution in [0.15, 0.2) is 60.7 Å². The number of hydrogen-bond donors (Lipinski definition) is 2. The monoisotopic (exact) mass is 446 g/mol. The fourth-order valence-electron chi connectivity index (χ4n) is 2.43. The summed E-state index contributed by atoms with van der Waals surface area (Å²) in [5.74, 6) is -0.221. The molecule has 3 aromatic carbocycles. The largest absolute Gasteiger partial charge is 0.332 e. The molecule has 0 saturated heterocycles. The number of rotatable bonds is 2. The zero-order chi connectivity index (χ0) is 17.1. The van der Waals surface area contributed by atoms with Crippen molar-refractivity contribution in [1.29, 1.82) is 0 Å². The summed E-state index contributed by atoms with van der Waals surface area (Å²) in [6.07, 6.45) is 0. The lowest BCUT2D eigenvalue weighted by molar-refractivity contribution is 0.0978. The van der Waals surface area contributed by atoms with Crippen LogP contribution in [0.25, 0.3) is 10.8 Å². The molecule has 24 heavy (non-hydrogen) atoms. The minimum absolute atomic E-state index is 0.221. The molecule has 0 aromatic heterocycles. The molecule has 0 fully saturated rings. The second-order valence-corrected chi connectivity index (χ2v) is 7.08. The molecule has 5 heteroatoms. The molecule has 0 atom stereocenters. The molecule has 1 amide bonds. The molecular formula is C19H15IN2OS. The number of halogens is 1. The van der Waals surface area contributed by atoms with Gasteiger partial charge in [0.2, 0.25) is 0 Å². The minimum Gasteiger partial charge on any atom is -0.332 e. The van der Waals surface area contributed by atoms with Gasteiger partial charge in [-0.05, 0) is 88.4 Å². The first-order valence-electron chi connectivity index (χ1n) is 7.40. The molecule has 3 aromatic rings. The van der Waals surface area contributed by atoms with Crippen molar-refractivity contribution < 1.29 is 4.79 Å². The Morgan fingerprint density at radius 3 is 2.50 bits per heavy atom. The van der Waals surface area contributed by atoms with Crippen LogP contribution in [0.2, 0.25) is 0 Å². The molecule has 0 aliphatic rings. The van der Waals surface area contributed by atoms with Crippen LogP contribution in [0.3, 0.4) is 0 Å². The highest BCUT2D eigenvalue weighted by molar-refractivity contribution is 14.1. The highest BCUT2D eigenvalue weighted by atomic mass is 127. The Labute approximate surface area is 159 Å². The third-order valence-corrected chi connectivity index (χ3v) is 4.55. The molecule has 2 N–H and O–H groups in total. The van der Waals surface area contributed by atoms with Crippen molar-refractivity contribution in [2.45, 2.75) is 6.92 Å². The predicted octanol–water partition coefficient (Wildman–Crippen LogP) is 4.88. The van der Waals surface area contributed by atoms with E-state index in [0.29, 0.717) is 5.56 Å². The van der Waals surface area contributed by atoms with Crippen LogP contribution in [-0.2, 0) is 0 Å². The van der Waals surface area contributed by atoms with Crippen LogP contribution < -0.4 is 10.6 Å². The van der Waals surface area contributed by atoms with E-state index >= 15 is 0 Å². The Balaban J connectivity index is 1.72. The SMILES string of the molecule is Cc1cc(I)ccc1NC(=S)NC(=O)c1ccc2ccccc2c1. The summed E-state index contributed by atoms with van der Waals surface area (Å²) in [5, 5.41) is 8.22. The Bertz CT molecular complexity index is 940. The molecule has 0 spiro atoms. The normalized spacial score (nSPS) is 10.4. The van der Waals surface area contributed by atoms with E-state index in [1.807, 2.05) is 55.5 Å². The topological polar surface area (TPSA) is 41.1 Å². The number of aryl methyl sites for hydroxylation is 1. The number of hydrogen-bond acceptors (Lipinski definition) is 2. The van der Waals surface area contributed by atoms with Crippen molar-refractivity contribution in [3.8, 4) is 0 Å². The Morgan fingerprint density at radius 1 is 1.00 bits per heavy atom. The summed E-state index contributed by atoms with van der Waals surface area (Å²) in [6, 6.07) is 19.5. The van der Waals surface area contributed by atoms with Gasteiger partial charge in [-0.3, -0.25) is 10.1 Å². The van der Waals surface area contributed by atoms with E-state index in [4.69, 9.17) is 12.2 Å². The number of amides is 1. The second-order valence-electron chi connectivity index (χ2n) is 5.43. The number of anilines is 1. The molecule has 0 aliphatic carbocycles. The van der Waals surface area contributed by atoms with E-state index in [9.17, 15) is 4.79 Å². The number of fused-ring (bicyclic) bond motifs is 1. The van der Waals surface area contributed by atoms with Crippen LogP contribution in [0, 0.1) is 10.5 Å². The van der Waals surface area contributed by atoms with Crippen molar-refractivity contribution >= 4 is 62.3 Å². The van der Waals surface area contributed by atoms with Crippen molar-refractivity contribution in [2.24, 2.45) is 0 Å². The maximum Gasteiger partial charge on any atom is 0.257 e. The fourth-order valence-corrected chi connectivity index (χ4v) is 3.28. The highest BCUT2D eigenvalue weighted by Gasteiger charge is 2.09. The molecule has 0 radical (unpaired) electrons. The number of carbonyl (C=O) groups is 1. The van der Waals surface area contributed by atoms with Crippen LogP contribution in [-0.4, -0.2) is 11.0 Å². The van der Waals surface area contributed by atoms with Gasteiger partial charge in [0, 0.05) is 14.8 Å². The summed E-state index contributed by atoms with van der Waals surface area (Å²) in [4.78, 5) is 12.4. The van der Waals surface area contributed by atoms with Gasteiger partial charge in [-0.1, -0.05) is 30.3 Å². The number of nitrogens with one attached hydrogen (secondary N) is 2. The van der Waals surface area contributed by atoms with Gasteiger partial charge in [0.1, 0.15) is 0 Å². The lowest BCUT2D eigenvalue weighted by Crippen LogP contribution is -2.34. The van der Waals surface area contributed by atoms with E-state index in [1.165, 1.54) is 0 Å². The highest BCUT2D eigenvalue weighted by Crippen LogP contribution is 2.18. The van der Waals surface area contributed by atoms with Crippen molar-refractivity contribution in [2.75, 3.05) is 5.32 Å². The first-order chi connectivity index (χ1) is 11.5. The summed E-state index contributed by atoms with van der Waals surface area (Å²) < 4.78 is 1.15. The first-order valence-corrected chi connectivity index (χ1v) is 8.89. The molecule has 0 bridgehead atoms. The zero-order valence-corrected chi connectivity index (χ0v) is 15.9. The van der Waals surface area contributed by atoms with Gasteiger partial charge in [-0.25, -0.2) is 0 Å². The van der Waals surface area contributed by atoms with Gasteiger partial charge >= 0.3 is 0 Å². The number of carbonyl (C=O) groups excluding carboxylic acids is 1. The van der Waals surface area contributed by atoms with E-state index in [0.717, 1.165) is 25.6 Å². The number of thiocarbonyl (C=S) groups is 1. The van der Waals surface area contributed by atoms with Crippen LogP contribution in [0.1, 0.15) is 15.9 Å².